The van der Waals surface area contributed by atoms with E-state index in [1.165, 1.54) is 0 Å². The number of carbonyl (C=O) groups excluding carboxylic acids is 3. The van der Waals surface area contributed by atoms with Crippen molar-refractivity contribution in [2.24, 2.45) is 5.73 Å². The average Bonchev–Trinajstić information content (AvgIpc) is 2.71. The molecule has 8 heteroatoms. The van der Waals surface area contributed by atoms with Crippen molar-refractivity contribution >= 4 is 17.9 Å². The molecule has 0 aromatic heterocycles. The lowest BCUT2D eigenvalue weighted by atomic mass is 10.0. The molecule has 2 rings (SSSR count). The third-order valence-electron chi connectivity index (χ3n) is 3.78. The summed E-state index contributed by atoms with van der Waals surface area (Å²) in [5.41, 5.74) is 7.27. The average molecular weight is 380 g/mol. The van der Waals surface area contributed by atoms with E-state index in [9.17, 15) is 14.4 Å². The standard InChI is InChI=1S/C20H20N4O4/c21-11-16-8-4-7-15(9-16)10-17(19(22)26)24-18(25)12-23-20(27)28-13-14-5-2-1-3-6-14/h1-9,17H,10,12-13H2,(H2,22,26)(H,23,27)(H,24,25)/t17-/m1/s1. The van der Waals surface area contributed by atoms with Crippen LogP contribution >= 0.6 is 0 Å². The number of nitrogens with two attached hydrogens (primary N) is 1. The van der Waals surface area contributed by atoms with Gasteiger partial charge in [-0.05, 0) is 23.3 Å². The molecular weight excluding hydrogens is 360 g/mol. The molecule has 3 amide bonds. The van der Waals surface area contributed by atoms with E-state index in [-0.39, 0.29) is 19.6 Å². The highest BCUT2D eigenvalue weighted by molar-refractivity contribution is 5.88. The number of nitrogens with zero attached hydrogens (tertiary/aromatic N) is 1. The summed E-state index contributed by atoms with van der Waals surface area (Å²) in [5.74, 6) is -1.31. The molecule has 0 spiro atoms. The van der Waals surface area contributed by atoms with Crippen LogP contribution in [0.2, 0.25) is 0 Å². The van der Waals surface area contributed by atoms with Crippen LogP contribution in [0.4, 0.5) is 4.79 Å². The lowest BCUT2D eigenvalue weighted by molar-refractivity contribution is -0.126. The molecule has 2 aromatic rings. The Hall–Kier alpha value is -3.86. The molecule has 144 valence electrons. The van der Waals surface area contributed by atoms with Gasteiger partial charge in [0.1, 0.15) is 19.2 Å². The minimum absolute atomic E-state index is 0.0768. The number of carbonyl (C=O) groups is 3. The summed E-state index contributed by atoms with van der Waals surface area (Å²) in [6, 6.07) is 16.8. The van der Waals surface area contributed by atoms with Crippen LogP contribution in [0.3, 0.4) is 0 Å². The molecule has 0 unspecified atom stereocenters. The fraction of sp³-hybridized carbons (Fsp3) is 0.200. The molecule has 0 bridgehead atoms. The zero-order chi connectivity index (χ0) is 20.4. The first-order chi connectivity index (χ1) is 13.5. The van der Waals surface area contributed by atoms with Crippen molar-refractivity contribution in [2.45, 2.75) is 19.1 Å². The van der Waals surface area contributed by atoms with Gasteiger partial charge in [-0.3, -0.25) is 9.59 Å². The molecule has 28 heavy (non-hydrogen) atoms. The summed E-state index contributed by atoms with van der Waals surface area (Å²) in [4.78, 5) is 35.3. The maximum Gasteiger partial charge on any atom is 0.407 e. The Morgan fingerprint density at radius 2 is 1.79 bits per heavy atom. The summed E-state index contributed by atoms with van der Waals surface area (Å²) < 4.78 is 5.00. The van der Waals surface area contributed by atoms with Crippen LogP contribution in [0.25, 0.3) is 0 Å². The minimum atomic E-state index is -0.969. The molecule has 0 fully saturated rings. The second kappa shape index (κ2) is 10.3. The fourth-order valence-corrected chi connectivity index (χ4v) is 2.40. The molecular formula is C20H20N4O4. The first-order valence-corrected chi connectivity index (χ1v) is 8.50. The van der Waals surface area contributed by atoms with Gasteiger partial charge in [-0.15, -0.1) is 0 Å². The summed E-state index contributed by atoms with van der Waals surface area (Å²) in [6.07, 6.45) is -0.619. The van der Waals surface area contributed by atoms with E-state index in [4.69, 9.17) is 15.7 Å². The van der Waals surface area contributed by atoms with Gasteiger partial charge < -0.3 is 21.1 Å². The number of primary amides is 1. The summed E-state index contributed by atoms with van der Waals surface area (Å²) in [7, 11) is 0. The predicted molar refractivity (Wildman–Crippen MR) is 101 cm³/mol. The Bertz CT molecular complexity index is 877. The second-order valence-electron chi connectivity index (χ2n) is 5.95. The Balaban J connectivity index is 1.80. The zero-order valence-corrected chi connectivity index (χ0v) is 15.1. The molecule has 2 aromatic carbocycles. The van der Waals surface area contributed by atoms with E-state index >= 15 is 0 Å². The van der Waals surface area contributed by atoms with Crippen molar-refractivity contribution < 1.29 is 19.1 Å². The van der Waals surface area contributed by atoms with Gasteiger partial charge in [0.2, 0.25) is 11.8 Å². The third kappa shape index (κ3) is 6.80. The number of hydrogen-bond donors (Lipinski definition) is 3. The number of alkyl carbamates (subject to hydrolysis) is 1. The molecule has 0 radical (unpaired) electrons. The largest absolute Gasteiger partial charge is 0.445 e. The van der Waals surface area contributed by atoms with Crippen LogP contribution in [0.1, 0.15) is 16.7 Å². The molecule has 4 N–H and O–H groups in total. The normalized spacial score (nSPS) is 11.0. The van der Waals surface area contributed by atoms with Gasteiger partial charge in [0.25, 0.3) is 0 Å². The van der Waals surface area contributed by atoms with Gasteiger partial charge in [-0.2, -0.15) is 5.26 Å². The van der Waals surface area contributed by atoms with Crippen molar-refractivity contribution in [2.75, 3.05) is 6.54 Å². The highest BCUT2D eigenvalue weighted by Gasteiger charge is 2.19. The van der Waals surface area contributed by atoms with Crippen LogP contribution < -0.4 is 16.4 Å². The molecule has 0 aliphatic rings. The lowest BCUT2D eigenvalue weighted by Gasteiger charge is -2.16. The van der Waals surface area contributed by atoms with E-state index in [0.29, 0.717) is 11.1 Å². The second-order valence-corrected chi connectivity index (χ2v) is 5.95. The molecule has 0 saturated heterocycles. The number of rotatable bonds is 8. The zero-order valence-electron chi connectivity index (χ0n) is 15.1. The Morgan fingerprint density at radius 3 is 2.46 bits per heavy atom. The summed E-state index contributed by atoms with van der Waals surface area (Å²) >= 11 is 0. The Kier molecular flexibility index (Phi) is 7.54. The van der Waals surface area contributed by atoms with Gasteiger partial charge in [0.05, 0.1) is 11.6 Å². The smallest absolute Gasteiger partial charge is 0.407 e. The van der Waals surface area contributed by atoms with Crippen molar-refractivity contribution in [3.05, 3.63) is 71.3 Å². The van der Waals surface area contributed by atoms with E-state index < -0.39 is 23.9 Å². The van der Waals surface area contributed by atoms with Gasteiger partial charge in [0, 0.05) is 6.42 Å². The first kappa shape index (κ1) is 20.5. The van der Waals surface area contributed by atoms with Crippen molar-refractivity contribution in [3.63, 3.8) is 0 Å². The topological polar surface area (TPSA) is 134 Å². The highest BCUT2D eigenvalue weighted by atomic mass is 16.5. The van der Waals surface area contributed by atoms with Gasteiger partial charge in [0.15, 0.2) is 0 Å². The molecule has 8 nitrogen and oxygen atoms in total. The first-order valence-electron chi connectivity index (χ1n) is 8.50. The van der Waals surface area contributed by atoms with Crippen LogP contribution in [0.5, 0.6) is 0 Å². The predicted octanol–water partition coefficient (Wildman–Crippen LogP) is 0.997. The molecule has 0 heterocycles. The van der Waals surface area contributed by atoms with E-state index in [1.807, 2.05) is 24.3 Å². The Morgan fingerprint density at radius 1 is 1.07 bits per heavy atom. The number of amides is 3. The number of benzene rings is 2. The van der Waals surface area contributed by atoms with Gasteiger partial charge in [-0.1, -0.05) is 42.5 Å². The minimum Gasteiger partial charge on any atom is -0.445 e. The number of hydrogen-bond acceptors (Lipinski definition) is 5. The highest BCUT2D eigenvalue weighted by Crippen LogP contribution is 2.07. The summed E-state index contributed by atoms with van der Waals surface area (Å²) in [5, 5.41) is 13.7. The van der Waals surface area contributed by atoms with Crippen LogP contribution in [0.15, 0.2) is 54.6 Å². The maximum absolute atomic E-state index is 12.0. The monoisotopic (exact) mass is 380 g/mol. The SMILES string of the molecule is N#Cc1cccc(C[C@@H](NC(=O)CNC(=O)OCc2ccccc2)C(N)=O)c1. The van der Waals surface area contributed by atoms with Crippen molar-refractivity contribution in [3.8, 4) is 6.07 Å². The molecule has 1 atom stereocenters. The van der Waals surface area contributed by atoms with E-state index in [0.717, 1.165) is 5.56 Å². The number of ether oxygens (including phenoxy) is 1. The maximum atomic E-state index is 12.0. The Labute approximate surface area is 162 Å². The van der Waals surface area contributed by atoms with Crippen molar-refractivity contribution in [1.82, 2.24) is 10.6 Å². The fourth-order valence-electron chi connectivity index (χ4n) is 2.40. The van der Waals surface area contributed by atoms with Crippen LogP contribution in [0, 0.1) is 11.3 Å². The quantitative estimate of drug-likeness (QED) is 0.628. The van der Waals surface area contributed by atoms with Gasteiger partial charge >= 0.3 is 6.09 Å². The number of nitriles is 1. The third-order valence-corrected chi connectivity index (χ3v) is 3.78. The van der Waals surface area contributed by atoms with Crippen LogP contribution in [-0.2, 0) is 27.4 Å². The molecule has 0 aliphatic carbocycles. The molecule has 0 saturated carbocycles. The van der Waals surface area contributed by atoms with Gasteiger partial charge in [-0.25, -0.2) is 4.79 Å². The lowest BCUT2D eigenvalue weighted by Crippen LogP contribution is -2.49. The number of nitrogens with one attached hydrogen (secondary N) is 2. The summed E-state index contributed by atoms with van der Waals surface area (Å²) in [6.45, 7) is -0.289. The molecule has 0 aliphatic heterocycles. The van der Waals surface area contributed by atoms with Crippen molar-refractivity contribution in [1.29, 1.82) is 5.26 Å². The van der Waals surface area contributed by atoms with E-state index in [1.54, 1.807) is 36.4 Å². The van der Waals surface area contributed by atoms with Crippen LogP contribution in [-0.4, -0.2) is 30.5 Å². The van der Waals surface area contributed by atoms with E-state index in [2.05, 4.69) is 10.6 Å².